The summed E-state index contributed by atoms with van der Waals surface area (Å²) < 4.78 is 29.6. The van der Waals surface area contributed by atoms with Crippen molar-refractivity contribution in [1.29, 1.82) is 0 Å². The Hall–Kier alpha value is -3.00. The Kier molecular flexibility index (Phi) is 6.69. The standard InChI is InChI=1S/C24H30N4O3S/c1-2-13-28-16-12-19-17-21(8-11-23(19)28)25-24(29)18-32(30,31)26-20-6-9-22(10-7-20)27-14-4-3-5-15-27/h6-12,16-17,26H,2-5,13-15,18H2,1H3,(H,25,29). The lowest BCUT2D eigenvalue weighted by Gasteiger charge is -2.28. The molecule has 1 aliphatic rings. The fourth-order valence-corrected chi connectivity index (χ4v) is 5.18. The number of nitrogens with one attached hydrogen (secondary N) is 2. The van der Waals surface area contributed by atoms with Gasteiger partial charge in [-0.15, -0.1) is 0 Å². The number of fused-ring (bicyclic) bond motifs is 1. The molecule has 1 aliphatic heterocycles. The highest BCUT2D eigenvalue weighted by Crippen LogP contribution is 2.23. The van der Waals surface area contributed by atoms with E-state index in [1.807, 2.05) is 36.5 Å². The zero-order chi connectivity index (χ0) is 22.6. The molecule has 7 nitrogen and oxygen atoms in total. The van der Waals surface area contributed by atoms with Crippen LogP contribution in [0.2, 0.25) is 0 Å². The first-order chi connectivity index (χ1) is 15.4. The van der Waals surface area contributed by atoms with Crippen molar-refractivity contribution in [2.24, 2.45) is 0 Å². The summed E-state index contributed by atoms with van der Waals surface area (Å²) in [5, 5.41) is 3.70. The topological polar surface area (TPSA) is 83.4 Å². The minimum absolute atomic E-state index is 0.456. The van der Waals surface area contributed by atoms with E-state index in [1.54, 1.807) is 18.2 Å². The lowest BCUT2D eigenvalue weighted by atomic mass is 10.1. The van der Waals surface area contributed by atoms with E-state index in [4.69, 9.17) is 0 Å². The van der Waals surface area contributed by atoms with Gasteiger partial charge in [0.2, 0.25) is 15.9 Å². The molecule has 0 aliphatic carbocycles. The summed E-state index contributed by atoms with van der Waals surface area (Å²) in [5.41, 5.74) is 3.22. The Morgan fingerprint density at radius 1 is 0.969 bits per heavy atom. The van der Waals surface area contributed by atoms with E-state index >= 15 is 0 Å². The van der Waals surface area contributed by atoms with Gasteiger partial charge in [0.05, 0.1) is 0 Å². The number of benzene rings is 2. The molecule has 0 radical (unpaired) electrons. The molecule has 2 heterocycles. The van der Waals surface area contributed by atoms with Gasteiger partial charge in [-0.25, -0.2) is 8.42 Å². The van der Waals surface area contributed by atoms with Crippen LogP contribution in [0.4, 0.5) is 17.1 Å². The van der Waals surface area contributed by atoms with Crippen molar-refractivity contribution in [2.45, 2.75) is 39.2 Å². The molecular weight excluding hydrogens is 424 g/mol. The number of hydrogen-bond acceptors (Lipinski definition) is 4. The summed E-state index contributed by atoms with van der Waals surface area (Å²) in [4.78, 5) is 14.7. The highest BCUT2D eigenvalue weighted by Gasteiger charge is 2.18. The van der Waals surface area contributed by atoms with Crippen LogP contribution >= 0.6 is 0 Å². The second-order valence-corrected chi connectivity index (χ2v) is 10.0. The number of carbonyl (C=O) groups is 1. The minimum Gasteiger partial charge on any atom is -0.372 e. The van der Waals surface area contributed by atoms with E-state index in [2.05, 4.69) is 26.4 Å². The summed E-state index contributed by atoms with van der Waals surface area (Å²) in [6, 6.07) is 14.9. The molecule has 4 rings (SSSR count). The summed E-state index contributed by atoms with van der Waals surface area (Å²) in [5.74, 6) is -1.22. The number of piperidine rings is 1. The molecule has 170 valence electrons. The van der Waals surface area contributed by atoms with Gasteiger partial charge in [0, 0.05) is 53.8 Å². The molecule has 1 aromatic heterocycles. The number of aryl methyl sites for hydroxylation is 1. The maximum Gasteiger partial charge on any atom is 0.241 e. The second-order valence-electron chi connectivity index (χ2n) is 8.29. The number of sulfonamides is 1. The van der Waals surface area contributed by atoms with Gasteiger partial charge in [0.15, 0.2) is 0 Å². The van der Waals surface area contributed by atoms with E-state index in [0.29, 0.717) is 11.4 Å². The average molecular weight is 455 g/mol. The SMILES string of the molecule is CCCn1ccc2cc(NC(=O)CS(=O)(=O)Nc3ccc(N4CCCCC4)cc3)ccc21. The van der Waals surface area contributed by atoms with Crippen molar-refractivity contribution in [3.8, 4) is 0 Å². The van der Waals surface area contributed by atoms with Crippen LogP contribution in [0, 0.1) is 0 Å². The van der Waals surface area contributed by atoms with Crippen molar-refractivity contribution < 1.29 is 13.2 Å². The molecule has 0 spiro atoms. The number of hydrogen-bond donors (Lipinski definition) is 2. The lowest BCUT2D eigenvalue weighted by molar-refractivity contribution is -0.113. The van der Waals surface area contributed by atoms with Gasteiger partial charge in [0.25, 0.3) is 0 Å². The molecule has 3 aromatic rings. The maximum atomic E-state index is 12.5. The van der Waals surface area contributed by atoms with Gasteiger partial charge in [-0.3, -0.25) is 9.52 Å². The molecule has 2 aromatic carbocycles. The highest BCUT2D eigenvalue weighted by atomic mass is 32.2. The first-order valence-corrected chi connectivity index (χ1v) is 12.8. The summed E-state index contributed by atoms with van der Waals surface area (Å²) in [6.07, 6.45) is 6.68. The molecule has 1 fully saturated rings. The van der Waals surface area contributed by atoms with E-state index in [-0.39, 0.29) is 0 Å². The third-order valence-electron chi connectivity index (χ3n) is 5.70. The predicted molar refractivity (Wildman–Crippen MR) is 131 cm³/mol. The monoisotopic (exact) mass is 454 g/mol. The Morgan fingerprint density at radius 3 is 2.41 bits per heavy atom. The Balaban J connectivity index is 1.35. The summed E-state index contributed by atoms with van der Waals surface area (Å²) in [6.45, 7) is 5.11. The molecule has 0 unspecified atom stereocenters. The number of nitrogens with zero attached hydrogens (tertiary/aromatic N) is 2. The van der Waals surface area contributed by atoms with Crippen molar-refractivity contribution in [2.75, 3.05) is 33.8 Å². The van der Waals surface area contributed by atoms with Crippen LogP contribution in [0.3, 0.4) is 0 Å². The number of carbonyl (C=O) groups excluding carboxylic acids is 1. The summed E-state index contributed by atoms with van der Waals surface area (Å²) in [7, 11) is -3.82. The largest absolute Gasteiger partial charge is 0.372 e. The van der Waals surface area contributed by atoms with Gasteiger partial charge in [0.1, 0.15) is 5.75 Å². The zero-order valence-electron chi connectivity index (χ0n) is 18.4. The smallest absolute Gasteiger partial charge is 0.241 e. The van der Waals surface area contributed by atoms with Gasteiger partial charge in [-0.1, -0.05) is 6.92 Å². The second kappa shape index (κ2) is 9.65. The number of aromatic nitrogens is 1. The quantitative estimate of drug-likeness (QED) is 0.528. The number of amides is 1. The molecular formula is C24H30N4O3S. The molecule has 1 saturated heterocycles. The van der Waals surface area contributed by atoms with Crippen LogP contribution in [0.1, 0.15) is 32.6 Å². The van der Waals surface area contributed by atoms with Crippen LogP contribution < -0.4 is 14.9 Å². The van der Waals surface area contributed by atoms with Gasteiger partial charge >= 0.3 is 0 Å². The Morgan fingerprint density at radius 2 is 1.69 bits per heavy atom. The van der Waals surface area contributed by atoms with E-state index in [0.717, 1.165) is 42.6 Å². The third-order valence-corrected chi connectivity index (χ3v) is 6.89. The van der Waals surface area contributed by atoms with E-state index < -0.39 is 21.7 Å². The fraction of sp³-hybridized carbons (Fsp3) is 0.375. The van der Waals surface area contributed by atoms with Crippen LogP contribution in [0.25, 0.3) is 10.9 Å². The van der Waals surface area contributed by atoms with Crippen LogP contribution in [-0.2, 0) is 21.4 Å². The molecule has 0 saturated carbocycles. The van der Waals surface area contributed by atoms with Gasteiger partial charge in [-0.2, -0.15) is 0 Å². The number of anilines is 3. The first-order valence-electron chi connectivity index (χ1n) is 11.2. The molecule has 1 amide bonds. The highest BCUT2D eigenvalue weighted by molar-refractivity contribution is 7.93. The van der Waals surface area contributed by atoms with E-state index in [1.165, 1.54) is 19.3 Å². The fourth-order valence-electron chi connectivity index (χ4n) is 4.19. The Bertz CT molecular complexity index is 1180. The Labute approximate surface area is 189 Å². The van der Waals surface area contributed by atoms with Crippen LogP contribution in [0.5, 0.6) is 0 Å². The van der Waals surface area contributed by atoms with Crippen LogP contribution in [0.15, 0.2) is 54.7 Å². The maximum absolute atomic E-state index is 12.5. The molecule has 0 bridgehead atoms. The van der Waals surface area contributed by atoms with Crippen molar-refractivity contribution in [1.82, 2.24) is 4.57 Å². The number of rotatable bonds is 8. The van der Waals surface area contributed by atoms with Crippen LogP contribution in [-0.4, -0.2) is 37.7 Å². The van der Waals surface area contributed by atoms with Crippen molar-refractivity contribution in [3.63, 3.8) is 0 Å². The molecule has 0 atom stereocenters. The third kappa shape index (κ3) is 5.43. The molecule has 2 N–H and O–H groups in total. The minimum atomic E-state index is -3.82. The van der Waals surface area contributed by atoms with E-state index in [9.17, 15) is 13.2 Å². The van der Waals surface area contributed by atoms with Crippen molar-refractivity contribution >= 4 is 43.9 Å². The zero-order valence-corrected chi connectivity index (χ0v) is 19.2. The molecule has 32 heavy (non-hydrogen) atoms. The van der Waals surface area contributed by atoms with Gasteiger partial charge < -0.3 is 14.8 Å². The normalized spacial score (nSPS) is 14.5. The molecule has 8 heteroatoms. The first kappa shape index (κ1) is 22.2. The predicted octanol–water partition coefficient (Wildman–Crippen LogP) is 4.42. The lowest BCUT2D eigenvalue weighted by Crippen LogP contribution is -2.29. The average Bonchev–Trinajstić information content (AvgIpc) is 3.16. The van der Waals surface area contributed by atoms with Crippen molar-refractivity contribution in [3.05, 3.63) is 54.7 Å². The van der Waals surface area contributed by atoms with Gasteiger partial charge in [-0.05, 0) is 74.2 Å². The summed E-state index contributed by atoms with van der Waals surface area (Å²) >= 11 is 0.